The minimum absolute atomic E-state index is 0.00816. The van der Waals surface area contributed by atoms with Crippen LogP contribution in [0.5, 0.6) is 0 Å². The quantitative estimate of drug-likeness (QED) is 0.692. The van der Waals surface area contributed by atoms with Gasteiger partial charge >= 0.3 is 0 Å². The van der Waals surface area contributed by atoms with E-state index in [1.807, 2.05) is 13.0 Å². The first-order valence-electron chi connectivity index (χ1n) is 9.51. The molecule has 3 aromatic rings. The standard InChI is InChI=1S/C15H17N3O3.C7H7F/c1-8-2-3-9(7-21-8)11-6-12(19)13-10(18-11)4-5-17-14(13)15(16)20;1-6-4-2-3-5-7(6)8/h4-6,8-9H,2-3,7H2,1H3,(H2,16,20)(H,18,19);2-5H,1H3. The smallest absolute Gasteiger partial charge is 0.268 e. The minimum atomic E-state index is -0.700. The second kappa shape index (κ2) is 8.96. The highest BCUT2D eigenvalue weighted by Gasteiger charge is 2.22. The number of amides is 1. The molecule has 4 rings (SSSR count). The number of rotatable bonds is 2. The molecular weight excluding hydrogens is 373 g/mol. The Labute approximate surface area is 167 Å². The third-order valence-corrected chi connectivity index (χ3v) is 5.02. The first-order valence-corrected chi connectivity index (χ1v) is 9.51. The molecule has 1 saturated heterocycles. The van der Waals surface area contributed by atoms with Crippen molar-refractivity contribution in [3.63, 3.8) is 0 Å². The summed E-state index contributed by atoms with van der Waals surface area (Å²) < 4.78 is 18.0. The second-order valence-corrected chi connectivity index (χ2v) is 7.20. The Kier molecular flexibility index (Phi) is 6.39. The van der Waals surface area contributed by atoms with Crippen molar-refractivity contribution < 1.29 is 13.9 Å². The number of aromatic nitrogens is 2. The molecule has 3 heterocycles. The van der Waals surface area contributed by atoms with Gasteiger partial charge in [-0.3, -0.25) is 14.6 Å². The number of fused-ring (bicyclic) bond motifs is 1. The van der Waals surface area contributed by atoms with Crippen molar-refractivity contribution in [1.29, 1.82) is 0 Å². The van der Waals surface area contributed by atoms with Gasteiger partial charge in [-0.15, -0.1) is 0 Å². The number of nitrogens with one attached hydrogen (secondary N) is 1. The SMILES string of the molecule is CC1CCC(c2cc(=O)c3c(C(N)=O)nccc3[nH]2)CO1.Cc1ccccc1F. The van der Waals surface area contributed by atoms with E-state index in [-0.39, 0.29) is 34.3 Å². The summed E-state index contributed by atoms with van der Waals surface area (Å²) in [5.41, 5.74) is 7.16. The molecule has 0 bridgehead atoms. The molecule has 1 aliphatic heterocycles. The molecule has 2 atom stereocenters. The lowest BCUT2D eigenvalue weighted by molar-refractivity contribution is 0.0147. The molecule has 6 nitrogen and oxygen atoms in total. The summed E-state index contributed by atoms with van der Waals surface area (Å²) in [4.78, 5) is 30.8. The maximum absolute atomic E-state index is 12.3. The van der Waals surface area contributed by atoms with Gasteiger partial charge in [0.05, 0.1) is 23.6 Å². The van der Waals surface area contributed by atoms with Crippen molar-refractivity contribution >= 4 is 16.8 Å². The van der Waals surface area contributed by atoms with Gasteiger partial charge in [-0.25, -0.2) is 4.39 Å². The third kappa shape index (κ3) is 4.86. The van der Waals surface area contributed by atoms with Crippen LogP contribution in [0.15, 0.2) is 47.4 Å². The number of benzene rings is 1. The molecule has 1 aliphatic rings. The molecule has 29 heavy (non-hydrogen) atoms. The highest BCUT2D eigenvalue weighted by Crippen LogP contribution is 2.27. The third-order valence-electron chi connectivity index (χ3n) is 5.02. The zero-order valence-electron chi connectivity index (χ0n) is 16.4. The van der Waals surface area contributed by atoms with E-state index >= 15 is 0 Å². The zero-order chi connectivity index (χ0) is 21.0. The molecule has 7 heteroatoms. The van der Waals surface area contributed by atoms with Gasteiger partial charge in [0, 0.05) is 23.9 Å². The lowest BCUT2D eigenvalue weighted by Crippen LogP contribution is -2.24. The van der Waals surface area contributed by atoms with Gasteiger partial charge in [-0.05, 0) is 44.4 Å². The fourth-order valence-electron chi connectivity index (χ4n) is 3.31. The molecule has 0 radical (unpaired) electrons. The van der Waals surface area contributed by atoms with Crippen molar-refractivity contribution in [3.8, 4) is 0 Å². The monoisotopic (exact) mass is 397 g/mol. The lowest BCUT2D eigenvalue weighted by atomic mass is 9.95. The molecule has 0 aliphatic carbocycles. The van der Waals surface area contributed by atoms with E-state index in [9.17, 15) is 14.0 Å². The van der Waals surface area contributed by atoms with Crippen LogP contribution in [0.1, 0.15) is 47.4 Å². The highest BCUT2D eigenvalue weighted by molar-refractivity contribution is 6.03. The molecule has 152 valence electrons. The fourth-order valence-corrected chi connectivity index (χ4v) is 3.31. The number of primary amides is 1. The highest BCUT2D eigenvalue weighted by atomic mass is 19.1. The van der Waals surface area contributed by atoms with Crippen molar-refractivity contribution in [2.45, 2.75) is 38.7 Å². The number of hydrogen-bond acceptors (Lipinski definition) is 4. The first kappa shape index (κ1) is 20.7. The summed E-state index contributed by atoms with van der Waals surface area (Å²) in [5, 5.41) is 0.249. The summed E-state index contributed by atoms with van der Waals surface area (Å²) in [6.07, 6.45) is 3.67. The van der Waals surface area contributed by atoms with Gasteiger partial charge in [0.2, 0.25) is 0 Å². The van der Waals surface area contributed by atoms with Crippen LogP contribution in [0, 0.1) is 12.7 Å². The molecule has 1 amide bonds. The Morgan fingerprint density at radius 3 is 2.62 bits per heavy atom. The summed E-state index contributed by atoms with van der Waals surface area (Å²) >= 11 is 0. The Hall–Kier alpha value is -3.06. The molecule has 2 unspecified atom stereocenters. The van der Waals surface area contributed by atoms with Crippen molar-refractivity contribution in [3.05, 3.63) is 75.6 Å². The summed E-state index contributed by atoms with van der Waals surface area (Å²) in [6, 6.07) is 9.91. The number of hydrogen-bond donors (Lipinski definition) is 2. The van der Waals surface area contributed by atoms with Gasteiger partial charge in [-0.2, -0.15) is 0 Å². The maximum Gasteiger partial charge on any atom is 0.268 e. The van der Waals surface area contributed by atoms with Crippen LogP contribution in [0.25, 0.3) is 10.9 Å². The lowest BCUT2D eigenvalue weighted by Gasteiger charge is -2.27. The maximum atomic E-state index is 12.3. The van der Waals surface area contributed by atoms with Crippen LogP contribution >= 0.6 is 0 Å². The van der Waals surface area contributed by atoms with Gasteiger partial charge in [0.1, 0.15) is 11.5 Å². The summed E-state index contributed by atoms with van der Waals surface area (Å²) in [6.45, 7) is 4.38. The largest absolute Gasteiger partial charge is 0.378 e. The molecule has 2 aromatic heterocycles. The Bertz CT molecular complexity index is 1050. The molecular formula is C22H24FN3O3. The normalized spacial score (nSPS) is 18.7. The number of nitrogens with zero attached hydrogens (tertiary/aromatic N) is 1. The molecule has 1 aromatic carbocycles. The number of carbonyl (C=O) groups excluding carboxylic acids is 1. The van der Waals surface area contributed by atoms with Gasteiger partial charge in [-0.1, -0.05) is 18.2 Å². The van der Waals surface area contributed by atoms with Crippen LogP contribution in [0.3, 0.4) is 0 Å². The molecule has 0 spiro atoms. The van der Waals surface area contributed by atoms with Crippen LogP contribution < -0.4 is 11.2 Å². The first-order chi connectivity index (χ1) is 13.9. The number of nitrogens with two attached hydrogens (primary N) is 1. The molecule has 3 N–H and O–H groups in total. The second-order valence-electron chi connectivity index (χ2n) is 7.20. The Morgan fingerprint density at radius 1 is 1.28 bits per heavy atom. The van der Waals surface area contributed by atoms with Gasteiger partial charge in [0.25, 0.3) is 5.91 Å². The van der Waals surface area contributed by atoms with E-state index in [0.717, 1.165) is 18.5 Å². The average molecular weight is 397 g/mol. The Morgan fingerprint density at radius 2 is 2.03 bits per heavy atom. The number of ether oxygens (including phenoxy) is 1. The number of aromatic amines is 1. The van der Waals surface area contributed by atoms with E-state index in [2.05, 4.69) is 9.97 Å². The van der Waals surface area contributed by atoms with E-state index in [0.29, 0.717) is 17.7 Å². The number of carbonyl (C=O) groups is 1. The number of halogens is 1. The number of aryl methyl sites for hydroxylation is 1. The van der Waals surface area contributed by atoms with E-state index in [4.69, 9.17) is 10.5 Å². The van der Waals surface area contributed by atoms with Crippen molar-refractivity contribution in [1.82, 2.24) is 9.97 Å². The number of H-pyrrole nitrogens is 1. The van der Waals surface area contributed by atoms with Crippen molar-refractivity contribution in [2.75, 3.05) is 6.61 Å². The van der Waals surface area contributed by atoms with Crippen LogP contribution in [0.2, 0.25) is 0 Å². The predicted molar refractivity (Wildman–Crippen MR) is 109 cm³/mol. The predicted octanol–water partition coefficient (Wildman–Crippen LogP) is 3.44. The molecule has 1 fully saturated rings. The number of pyridine rings is 2. The zero-order valence-corrected chi connectivity index (χ0v) is 16.4. The summed E-state index contributed by atoms with van der Waals surface area (Å²) in [5.74, 6) is -0.662. The average Bonchev–Trinajstić information content (AvgIpc) is 2.70. The van der Waals surface area contributed by atoms with E-state index in [1.54, 1.807) is 25.1 Å². The van der Waals surface area contributed by atoms with Crippen LogP contribution in [-0.2, 0) is 4.74 Å². The van der Waals surface area contributed by atoms with Gasteiger partial charge < -0.3 is 15.5 Å². The topological polar surface area (TPSA) is 98.1 Å². The fraction of sp³-hybridized carbons (Fsp3) is 0.318. The summed E-state index contributed by atoms with van der Waals surface area (Å²) in [7, 11) is 0. The van der Waals surface area contributed by atoms with Crippen LogP contribution in [-0.4, -0.2) is 28.6 Å². The van der Waals surface area contributed by atoms with Crippen LogP contribution in [0.4, 0.5) is 4.39 Å². The van der Waals surface area contributed by atoms with Gasteiger partial charge in [0.15, 0.2) is 5.43 Å². The molecule has 0 saturated carbocycles. The van der Waals surface area contributed by atoms with E-state index < -0.39 is 5.91 Å². The Balaban J connectivity index is 0.000000252. The van der Waals surface area contributed by atoms with E-state index in [1.165, 1.54) is 18.3 Å². The van der Waals surface area contributed by atoms with Crippen molar-refractivity contribution in [2.24, 2.45) is 5.73 Å². The minimum Gasteiger partial charge on any atom is -0.378 e.